The summed E-state index contributed by atoms with van der Waals surface area (Å²) in [5.74, 6) is -0.115. The number of hydrogen-bond acceptors (Lipinski definition) is 7. The molecule has 3 aromatic rings. The number of aromatic nitrogens is 2. The highest BCUT2D eigenvalue weighted by atomic mass is 19.1. The molecule has 4 heterocycles. The van der Waals surface area contributed by atoms with Gasteiger partial charge in [-0.1, -0.05) is 0 Å². The van der Waals surface area contributed by atoms with Crippen LogP contribution in [0.3, 0.4) is 0 Å². The second-order valence-corrected chi connectivity index (χ2v) is 8.40. The Balaban J connectivity index is 1.63. The molecule has 0 bridgehead atoms. The van der Waals surface area contributed by atoms with Gasteiger partial charge in [0.1, 0.15) is 24.3 Å². The van der Waals surface area contributed by atoms with E-state index in [0.29, 0.717) is 54.0 Å². The normalized spacial score (nSPS) is 19.7. The van der Waals surface area contributed by atoms with Crippen molar-refractivity contribution in [2.75, 3.05) is 42.2 Å². The number of carbonyl (C=O) groups is 1. The first-order valence-corrected chi connectivity index (χ1v) is 11.0. The lowest BCUT2D eigenvalue weighted by molar-refractivity contribution is 0.179. The number of piperidine rings is 1. The molecule has 2 aliphatic rings. The summed E-state index contributed by atoms with van der Waals surface area (Å²) in [4.78, 5) is 21.5. The molecule has 2 atom stereocenters. The van der Waals surface area contributed by atoms with E-state index in [2.05, 4.69) is 20.6 Å². The number of benzene rings is 1. The zero-order valence-corrected chi connectivity index (χ0v) is 18.4. The molecule has 178 valence electrons. The Labute approximate surface area is 193 Å². The molecule has 1 amide bonds. The van der Waals surface area contributed by atoms with Crippen LogP contribution in [-0.4, -0.2) is 59.6 Å². The Morgan fingerprint density at radius 3 is 2.85 bits per heavy atom. The standard InChI is InChI=1S/C23H24F2N6O3/c1-11-14(8-30-22-21(11)28-4-5-34-22)13-6-12-7-18(29-9-15(12)20(26)19(13)25)31(23(32)33)17-2-3-27-10-16(17)24/h6-9,16-17,27-28H,2-5,10,26H2,1H3,(H,32,33). The van der Waals surface area contributed by atoms with E-state index in [9.17, 15) is 14.3 Å². The van der Waals surface area contributed by atoms with Gasteiger partial charge in [0.05, 0.1) is 11.7 Å². The fourth-order valence-electron chi connectivity index (χ4n) is 4.61. The van der Waals surface area contributed by atoms with E-state index in [4.69, 9.17) is 10.5 Å². The monoisotopic (exact) mass is 470 g/mol. The van der Waals surface area contributed by atoms with E-state index < -0.39 is 24.1 Å². The van der Waals surface area contributed by atoms with E-state index in [1.54, 1.807) is 6.07 Å². The Kier molecular flexibility index (Phi) is 5.56. The van der Waals surface area contributed by atoms with Gasteiger partial charge in [-0.05, 0) is 43.0 Å². The SMILES string of the molecule is Cc1c(-c2cc3cc(N(C(=O)O)C4CCNCC4F)ncc3c(N)c2F)cnc2c1NCCO2. The molecule has 2 aliphatic heterocycles. The van der Waals surface area contributed by atoms with E-state index in [1.165, 1.54) is 18.5 Å². The summed E-state index contributed by atoms with van der Waals surface area (Å²) in [6.45, 7) is 3.48. The number of anilines is 3. The Hall–Kier alpha value is -3.73. The van der Waals surface area contributed by atoms with Gasteiger partial charge in [-0.25, -0.2) is 23.5 Å². The van der Waals surface area contributed by atoms with Crippen molar-refractivity contribution in [2.45, 2.75) is 25.6 Å². The van der Waals surface area contributed by atoms with E-state index >= 15 is 4.39 Å². The predicted molar refractivity (Wildman–Crippen MR) is 125 cm³/mol. The topological polar surface area (TPSA) is 126 Å². The number of nitrogens with two attached hydrogens (primary N) is 1. The second-order valence-electron chi connectivity index (χ2n) is 8.40. The van der Waals surface area contributed by atoms with Crippen LogP contribution in [0, 0.1) is 12.7 Å². The minimum atomic E-state index is -1.38. The molecule has 0 radical (unpaired) electrons. The molecule has 2 unspecified atom stereocenters. The van der Waals surface area contributed by atoms with Gasteiger partial charge >= 0.3 is 6.09 Å². The van der Waals surface area contributed by atoms with Gasteiger partial charge in [-0.3, -0.25) is 4.90 Å². The average Bonchev–Trinajstić information content (AvgIpc) is 2.83. The van der Waals surface area contributed by atoms with Crippen LogP contribution in [0.5, 0.6) is 5.88 Å². The van der Waals surface area contributed by atoms with Crippen molar-refractivity contribution in [2.24, 2.45) is 0 Å². The molecular weight excluding hydrogens is 446 g/mol. The molecule has 0 aliphatic carbocycles. The summed E-state index contributed by atoms with van der Waals surface area (Å²) in [5.41, 5.74) is 8.19. The lowest BCUT2D eigenvalue weighted by Crippen LogP contribution is -2.53. The fraction of sp³-hybridized carbons (Fsp3) is 0.348. The first-order valence-electron chi connectivity index (χ1n) is 11.0. The summed E-state index contributed by atoms with van der Waals surface area (Å²) in [7, 11) is 0. The van der Waals surface area contributed by atoms with Gasteiger partial charge in [0.25, 0.3) is 0 Å². The van der Waals surface area contributed by atoms with Crippen molar-refractivity contribution in [3.8, 4) is 17.0 Å². The number of nitrogens with one attached hydrogen (secondary N) is 2. The molecule has 2 aromatic heterocycles. The number of alkyl halides is 1. The average molecular weight is 470 g/mol. The van der Waals surface area contributed by atoms with Gasteiger partial charge in [0.2, 0.25) is 5.88 Å². The van der Waals surface area contributed by atoms with Crippen molar-refractivity contribution in [3.05, 3.63) is 35.9 Å². The number of carboxylic acid groups (broad SMARTS) is 1. The lowest BCUT2D eigenvalue weighted by Gasteiger charge is -2.34. The summed E-state index contributed by atoms with van der Waals surface area (Å²) in [6, 6.07) is 2.21. The van der Waals surface area contributed by atoms with Crippen LogP contribution in [0.4, 0.5) is 30.8 Å². The number of amides is 1. The van der Waals surface area contributed by atoms with Crippen LogP contribution in [0.1, 0.15) is 12.0 Å². The van der Waals surface area contributed by atoms with Gasteiger partial charge < -0.3 is 26.2 Å². The molecule has 1 saturated heterocycles. The molecule has 1 aromatic carbocycles. The van der Waals surface area contributed by atoms with Gasteiger partial charge in [0.15, 0.2) is 5.82 Å². The van der Waals surface area contributed by atoms with Crippen molar-refractivity contribution in [1.82, 2.24) is 15.3 Å². The predicted octanol–water partition coefficient (Wildman–Crippen LogP) is 3.32. The Bertz CT molecular complexity index is 1290. The van der Waals surface area contributed by atoms with Crippen LogP contribution in [0.2, 0.25) is 0 Å². The van der Waals surface area contributed by atoms with Crippen LogP contribution in [0.25, 0.3) is 21.9 Å². The van der Waals surface area contributed by atoms with Crippen molar-refractivity contribution in [3.63, 3.8) is 0 Å². The van der Waals surface area contributed by atoms with Crippen molar-refractivity contribution in [1.29, 1.82) is 0 Å². The number of halogens is 2. The number of rotatable bonds is 3. The van der Waals surface area contributed by atoms with Gasteiger partial charge in [0, 0.05) is 42.0 Å². The molecule has 0 saturated carbocycles. The van der Waals surface area contributed by atoms with Crippen LogP contribution < -0.4 is 26.0 Å². The van der Waals surface area contributed by atoms with E-state index in [1.807, 2.05) is 6.92 Å². The number of fused-ring (bicyclic) bond motifs is 2. The second kappa shape index (κ2) is 8.56. The molecular formula is C23H24F2N6O3. The molecule has 5 N–H and O–H groups in total. The van der Waals surface area contributed by atoms with Crippen LogP contribution >= 0.6 is 0 Å². The maximum absolute atomic E-state index is 15.4. The molecule has 5 rings (SSSR count). The van der Waals surface area contributed by atoms with Crippen LogP contribution in [0.15, 0.2) is 24.5 Å². The summed E-state index contributed by atoms with van der Waals surface area (Å²) in [5, 5.41) is 16.8. The molecule has 9 nitrogen and oxygen atoms in total. The lowest BCUT2D eigenvalue weighted by atomic mass is 9.96. The quantitative estimate of drug-likeness (QED) is 0.430. The van der Waals surface area contributed by atoms with Crippen LogP contribution in [-0.2, 0) is 0 Å². The fourth-order valence-corrected chi connectivity index (χ4v) is 4.61. The molecule has 34 heavy (non-hydrogen) atoms. The highest BCUT2D eigenvalue weighted by molar-refractivity contribution is 5.99. The summed E-state index contributed by atoms with van der Waals surface area (Å²) in [6.07, 6.45) is 0.468. The number of pyridine rings is 2. The van der Waals surface area contributed by atoms with E-state index in [-0.39, 0.29) is 23.6 Å². The summed E-state index contributed by atoms with van der Waals surface area (Å²) < 4.78 is 35.5. The maximum atomic E-state index is 15.4. The molecule has 0 spiro atoms. The third-order valence-corrected chi connectivity index (χ3v) is 6.38. The maximum Gasteiger partial charge on any atom is 0.413 e. The zero-order chi connectivity index (χ0) is 24.0. The van der Waals surface area contributed by atoms with Gasteiger partial charge in [-0.15, -0.1) is 0 Å². The largest absolute Gasteiger partial charge is 0.474 e. The Morgan fingerprint density at radius 1 is 1.26 bits per heavy atom. The third kappa shape index (κ3) is 3.61. The Morgan fingerprint density at radius 2 is 2.09 bits per heavy atom. The third-order valence-electron chi connectivity index (χ3n) is 6.38. The smallest absolute Gasteiger partial charge is 0.413 e. The van der Waals surface area contributed by atoms with Crippen molar-refractivity contribution >= 4 is 34.1 Å². The molecule has 1 fully saturated rings. The molecule has 11 heteroatoms. The zero-order valence-electron chi connectivity index (χ0n) is 18.4. The highest BCUT2D eigenvalue weighted by Gasteiger charge is 2.35. The van der Waals surface area contributed by atoms with Crippen molar-refractivity contribution < 1.29 is 23.4 Å². The van der Waals surface area contributed by atoms with Gasteiger partial charge in [-0.2, -0.15) is 0 Å². The first kappa shape index (κ1) is 22.1. The number of hydrogen-bond donors (Lipinski definition) is 4. The van der Waals surface area contributed by atoms with E-state index in [0.717, 1.165) is 10.5 Å². The number of ether oxygens (including phenoxy) is 1. The minimum Gasteiger partial charge on any atom is -0.474 e. The number of nitrogen functional groups attached to an aromatic ring is 1. The number of nitrogens with zero attached hydrogens (tertiary/aromatic N) is 3. The minimum absolute atomic E-state index is 0.0573. The first-order chi connectivity index (χ1) is 16.4. The summed E-state index contributed by atoms with van der Waals surface area (Å²) >= 11 is 0. The highest BCUT2D eigenvalue weighted by Crippen LogP contribution is 2.40.